The van der Waals surface area contributed by atoms with Gasteiger partial charge in [-0.1, -0.05) is 28.6 Å². The molecule has 0 radical (unpaired) electrons. The molecular formula is C9H9BrN2O. The highest BCUT2D eigenvalue weighted by atomic mass is 79.9. The molecule has 0 unspecified atom stereocenters. The summed E-state index contributed by atoms with van der Waals surface area (Å²) in [6.45, 7) is 4.01. The first-order valence-corrected chi connectivity index (χ1v) is 4.52. The third kappa shape index (κ3) is 3.38. The highest BCUT2D eigenvalue weighted by molar-refractivity contribution is 9.11. The zero-order chi connectivity index (χ0) is 9.68. The first-order valence-electron chi connectivity index (χ1n) is 3.72. The van der Waals surface area contributed by atoms with Gasteiger partial charge in [-0.15, -0.1) is 0 Å². The number of hydrogen-bond donors (Lipinski definition) is 1. The monoisotopic (exact) mass is 240 g/mol. The van der Waals surface area contributed by atoms with Gasteiger partial charge >= 0.3 is 0 Å². The van der Waals surface area contributed by atoms with Crippen LogP contribution in [0.2, 0.25) is 0 Å². The largest absolute Gasteiger partial charge is 0.346 e. The molecule has 1 amide bonds. The second-order valence-electron chi connectivity index (χ2n) is 2.41. The highest BCUT2D eigenvalue weighted by Crippen LogP contribution is 1.98. The summed E-state index contributed by atoms with van der Waals surface area (Å²) in [5, 5.41) is 2.65. The smallest absolute Gasteiger partial charge is 0.270 e. The lowest BCUT2D eigenvalue weighted by molar-refractivity contribution is 0.0953. The fourth-order valence-corrected chi connectivity index (χ4v) is 0.904. The molecule has 3 nitrogen and oxygen atoms in total. The molecule has 1 aromatic heterocycles. The predicted molar refractivity (Wildman–Crippen MR) is 54.6 cm³/mol. The van der Waals surface area contributed by atoms with E-state index in [0.29, 0.717) is 12.2 Å². The van der Waals surface area contributed by atoms with Crippen molar-refractivity contribution in [3.63, 3.8) is 0 Å². The predicted octanol–water partition coefficient (Wildman–Crippen LogP) is 1.72. The number of rotatable bonds is 3. The van der Waals surface area contributed by atoms with E-state index in [1.54, 1.807) is 24.4 Å². The van der Waals surface area contributed by atoms with E-state index >= 15 is 0 Å². The molecule has 0 aliphatic rings. The first kappa shape index (κ1) is 9.92. The maximum atomic E-state index is 11.3. The van der Waals surface area contributed by atoms with Crippen molar-refractivity contribution in [1.29, 1.82) is 0 Å². The molecule has 0 saturated carbocycles. The van der Waals surface area contributed by atoms with Crippen LogP contribution in [0.15, 0.2) is 35.5 Å². The molecule has 1 rings (SSSR count). The van der Waals surface area contributed by atoms with Gasteiger partial charge in [-0.05, 0) is 12.1 Å². The van der Waals surface area contributed by atoms with Gasteiger partial charge in [-0.3, -0.25) is 9.78 Å². The van der Waals surface area contributed by atoms with E-state index in [2.05, 4.69) is 32.8 Å². The van der Waals surface area contributed by atoms with E-state index in [4.69, 9.17) is 0 Å². The van der Waals surface area contributed by atoms with Crippen LogP contribution < -0.4 is 5.32 Å². The standard InChI is InChI=1S/C9H9BrN2O/c1-7(10)6-12-9(13)8-4-2-3-5-11-8/h2-5H,1,6H2,(H,12,13). The van der Waals surface area contributed by atoms with E-state index < -0.39 is 0 Å². The van der Waals surface area contributed by atoms with Crippen LogP contribution in [-0.2, 0) is 0 Å². The van der Waals surface area contributed by atoms with Gasteiger partial charge in [-0.2, -0.15) is 0 Å². The summed E-state index contributed by atoms with van der Waals surface area (Å²) in [6.07, 6.45) is 1.58. The van der Waals surface area contributed by atoms with Gasteiger partial charge in [0.05, 0.1) is 0 Å². The zero-order valence-corrected chi connectivity index (χ0v) is 8.54. The van der Waals surface area contributed by atoms with E-state index in [1.807, 2.05) is 0 Å². The molecule has 0 aromatic carbocycles. The van der Waals surface area contributed by atoms with Crippen LogP contribution in [0.1, 0.15) is 10.5 Å². The van der Waals surface area contributed by atoms with Crippen molar-refractivity contribution in [2.45, 2.75) is 0 Å². The van der Waals surface area contributed by atoms with Crippen molar-refractivity contribution in [3.05, 3.63) is 41.2 Å². The van der Waals surface area contributed by atoms with Gasteiger partial charge in [-0.25, -0.2) is 0 Å². The third-order valence-electron chi connectivity index (χ3n) is 1.34. The summed E-state index contributed by atoms with van der Waals surface area (Å²) in [7, 11) is 0. The van der Waals surface area contributed by atoms with Crippen LogP contribution in [0.5, 0.6) is 0 Å². The lowest BCUT2D eigenvalue weighted by Gasteiger charge is -2.01. The number of nitrogens with one attached hydrogen (secondary N) is 1. The molecule has 1 heterocycles. The molecular weight excluding hydrogens is 232 g/mol. The number of hydrogen-bond acceptors (Lipinski definition) is 2. The van der Waals surface area contributed by atoms with Crippen molar-refractivity contribution >= 4 is 21.8 Å². The summed E-state index contributed by atoms with van der Waals surface area (Å²) in [5.74, 6) is -0.193. The summed E-state index contributed by atoms with van der Waals surface area (Å²) in [4.78, 5) is 15.2. The van der Waals surface area contributed by atoms with Gasteiger partial charge in [0, 0.05) is 17.2 Å². The Labute approximate surface area is 85.0 Å². The summed E-state index contributed by atoms with van der Waals surface area (Å²) in [5.41, 5.74) is 0.413. The Bertz CT molecular complexity index is 311. The molecule has 68 valence electrons. The fraction of sp³-hybridized carbons (Fsp3) is 0.111. The molecule has 0 spiro atoms. The molecule has 1 aromatic rings. The van der Waals surface area contributed by atoms with E-state index in [9.17, 15) is 4.79 Å². The summed E-state index contributed by atoms with van der Waals surface area (Å²) >= 11 is 3.15. The lowest BCUT2D eigenvalue weighted by Crippen LogP contribution is -2.25. The Hall–Kier alpha value is -1.16. The number of pyridine rings is 1. The highest BCUT2D eigenvalue weighted by Gasteiger charge is 2.04. The van der Waals surface area contributed by atoms with Gasteiger partial charge in [0.1, 0.15) is 5.69 Å². The molecule has 0 aliphatic heterocycles. The van der Waals surface area contributed by atoms with Crippen molar-refractivity contribution < 1.29 is 4.79 Å². The normalized spacial score (nSPS) is 9.31. The van der Waals surface area contributed by atoms with Crippen LogP contribution in [0.3, 0.4) is 0 Å². The van der Waals surface area contributed by atoms with Gasteiger partial charge < -0.3 is 5.32 Å². The molecule has 0 saturated heterocycles. The van der Waals surface area contributed by atoms with E-state index in [0.717, 1.165) is 4.48 Å². The minimum Gasteiger partial charge on any atom is -0.346 e. The summed E-state index contributed by atoms with van der Waals surface area (Å²) in [6, 6.07) is 5.19. The number of aromatic nitrogens is 1. The lowest BCUT2D eigenvalue weighted by atomic mass is 10.3. The van der Waals surface area contributed by atoms with Crippen molar-refractivity contribution in [2.75, 3.05) is 6.54 Å². The first-order chi connectivity index (χ1) is 6.20. The van der Waals surface area contributed by atoms with Crippen LogP contribution in [-0.4, -0.2) is 17.4 Å². The number of halogens is 1. The van der Waals surface area contributed by atoms with Crippen LogP contribution in [0.4, 0.5) is 0 Å². The Morgan fingerprint density at radius 2 is 2.38 bits per heavy atom. The van der Waals surface area contributed by atoms with Crippen LogP contribution in [0.25, 0.3) is 0 Å². The minimum absolute atomic E-state index is 0.193. The molecule has 13 heavy (non-hydrogen) atoms. The maximum Gasteiger partial charge on any atom is 0.270 e. The number of amides is 1. The van der Waals surface area contributed by atoms with E-state index in [1.165, 1.54) is 0 Å². The average Bonchev–Trinajstić information content (AvgIpc) is 2.15. The molecule has 0 atom stereocenters. The fourth-order valence-electron chi connectivity index (χ4n) is 0.764. The SMILES string of the molecule is C=C(Br)CNC(=O)c1ccccn1. The molecule has 0 bridgehead atoms. The second kappa shape index (κ2) is 4.77. The average molecular weight is 241 g/mol. The van der Waals surface area contributed by atoms with Gasteiger partial charge in [0.2, 0.25) is 0 Å². The molecule has 1 N–H and O–H groups in total. The van der Waals surface area contributed by atoms with Crippen molar-refractivity contribution in [1.82, 2.24) is 10.3 Å². The van der Waals surface area contributed by atoms with Gasteiger partial charge in [0.15, 0.2) is 0 Å². The van der Waals surface area contributed by atoms with Gasteiger partial charge in [0.25, 0.3) is 5.91 Å². The van der Waals surface area contributed by atoms with E-state index in [-0.39, 0.29) is 5.91 Å². The van der Waals surface area contributed by atoms with Crippen molar-refractivity contribution in [2.24, 2.45) is 0 Å². The topological polar surface area (TPSA) is 42.0 Å². The van der Waals surface area contributed by atoms with Crippen LogP contribution >= 0.6 is 15.9 Å². The Kier molecular flexibility index (Phi) is 3.64. The second-order valence-corrected chi connectivity index (χ2v) is 3.54. The molecule has 4 heteroatoms. The number of carbonyl (C=O) groups excluding carboxylic acids is 1. The number of carbonyl (C=O) groups is 1. The zero-order valence-electron chi connectivity index (χ0n) is 6.96. The Morgan fingerprint density at radius 3 is 2.92 bits per heavy atom. The van der Waals surface area contributed by atoms with Crippen LogP contribution in [0, 0.1) is 0 Å². The minimum atomic E-state index is -0.193. The molecule has 0 fully saturated rings. The third-order valence-corrected chi connectivity index (χ3v) is 1.62. The Morgan fingerprint density at radius 1 is 1.62 bits per heavy atom. The quantitative estimate of drug-likeness (QED) is 0.875. The number of nitrogens with zero attached hydrogens (tertiary/aromatic N) is 1. The van der Waals surface area contributed by atoms with Crippen molar-refractivity contribution in [3.8, 4) is 0 Å². The Balaban J connectivity index is 2.54. The summed E-state index contributed by atoms with van der Waals surface area (Å²) < 4.78 is 0.733. The maximum absolute atomic E-state index is 11.3. The molecule has 0 aliphatic carbocycles.